The van der Waals surface area contributed by atoms with E-state index in [-0.39, 0.29) is 18.0 Å². The van der Waals surface area contributed by atoms with Gasteiger partial charge in [0.1, 0.15) is 0 Å². The second-order valence-corrected chi connectivity index (χ2v) is 4.10. The van der Waals surface area contributed by atoms with E-state index in [9.17, 15) is 9.59 Å². The summed E-state index contributed by atoms with van der Waals surface area (Å²) in [4.78, 5) is 27.4. The zero-order chi connectivity index (χ0) is 14.4. The molecule has 1 aromatic carbocycles. The molecule has 102 valence electrons. The van der Waals surface area contributed by atoms with Crippen LogP contribution in [0.25, 0.3) is 0 Å². The van der Waals surface area contributed by atoms with Gasteiger partial charge in [0, 0.05) is 6.20 Å². The van der Waals surface area contributed by atoms with Gasteiger partial charge in [-0.25, -0.2) is 9.78 Å². The molecule has 0 radical (unpaired) electrons. The van der Waals surface area contributed by atoms with Crippen LogP contribution in [0, 0.1) is 0 Å². The van der Waals surface area contributed by atoms with E-state index < -0.39 is 5.97 Å². The maximum Gasteiger partial charge on any atom is 0.358 e. The van der Waals surface area contributed by atoms with E-state index in [1.54, 1.807) is 12.1 Å². The average molecular weight is 270 g/mol. The maximum absolute atomic E-state index is 12.0. The second kappa shape index (κ2) is 6.47. The van der Waals surface area contributed by atoms with Crippen molar-refractivity contribution in [3.05, 3.63) is 59.9 Å². The van der Waals surface area contributed by atoms with Gasteiger partial charge in [0.25, 0.3) is 0 Å². The Morgan fingerprint density at radius 1 is 1.15 bits per heavy atom. The molecular weight excluding hydrogens is 256 g/mol. The van der Waals surface area contributed by atoms with Crippen molar-refractivity contribution in [3.8, 4) is 0 Å². The van der Waals surface area contributed by atoms with Gasteiger partial charge < -0.3 is 10.1 Å². The Labute approximate surface area is 116 Å². The van der Waals surface area contributed by atoms with Crippen molar-refractivity contribution in [1.82, 2.24) is 4.98 Å². The lowest BCUT2D eigenvalue weighted by molar-refractivity contribution is -0.115. The van der Waals surface area contributed by atoms with Crippen LogP contribution in [-0.4, -0.2) is 24.0 Å². The molecule has 0 aliphatic carbocycles. The summed E-state index contributed by atoms with van der Waals surface area (Å²) >= 11 is 0. The van der Waals surface area contributed by atoms with E-state index in [0.29, 0.717) is 5.69 Å². The van der Waals surface area contributed by atoms with Crippen LogP contribution < -0.4 is 5.32 Å². The third kappa shape index (κ3) is 3.41. The highest BCUT2D eigenvalue weighted by Crippen LogP contribution is 2.13. The first kappa shape index (κ1) is 13.7. The average Bonchev–Trinajstić information content (AvgIpc) is 2.48. The summed E-state index contributed by atoms with van der Waals surface area (Å²) < 4.78 is 4.62. The van der Waals surface area contributed by atoms with Crippen molar-refractivity contribution in [3.63, 3.8) is 0 Å². The summed E-state index contributed by atoms with van der Waals surface area (Å²) in [5, 5.41) is 2.67. The van der Waals surface area contributed by atoms with Gasteiger partial charge in [0.05, 0.1) is 19.2 Å². The molecule has 5 heteroatoms. The van der Waals surface area contributed by atoms with E-state index in [1.165, 1.54) is 13.3 Å². The summed E-state index contributed by atoms with van der Waals surface area (Å²) in [7, 11) is 1.27. The molecule has 1 heterocycles. The molecule has 0 saturated carbocycles. The van der Waals surface area contributed by atoms with Crippen molar-refractivity contribution >= 4 is 17.6 Å². The number of methoxy groups -OCH3 is 1. The van der Waals surface area contributed by atoms with Gasteiger partial charge in [0.15, 0.2) is 5.69 Å². The number of anilines is 1. The Balaban J connectivity index is 2.10. The van der Waals surface area contributed by atoms with Gasteiger partial charge in [0.2, 0.25) is 5.91 Å². The quantitative estimate of drug-likeness (QED) is 0.863. The zero-order valence-electron chi connectivity index (χ0n) is 11.0. The summed E-state index contributed by atoms with van der Waals surface area (Å²) in [6.45, 7) is 0. The number of aromatic nitrogens is 1. The van der Waals surface area contributed by atoms with Crippen LogP contribution in [0.3, 0.4) is 0 Å². The molecule has 0 saturated heterocycles. The molecule has 1 amide bonds. The Morgan fingerprint density at radius 3 is 2.60 bits per heavy atom. The van der Waals surface area contributed by atoms with E-state index >= 15 is 0 Å². The van der Waals surface area contributed by atoms with E-state index in [2.05, 4.69) is 15.0 Å². The molecule has 2 aromatic rings. The summed E-state index contributed by atoms with van der Waals surface area (Å²) in [5.41, 5.74) is 1.34. The second-order valence-electron chi connectivity index (χ2n) is 4.10. The first-order valence-corrected chi connectivity index (χ1v) is 6.08. The lowest BCUT2D eigenvalue weighted by atomic mass is 10.1. The van der Waals surface area contributed by atoms with Crippen LogP contribution in [-0.2, 0) is 16.0 Å². The predicted molar refractivity (Wildman–Crippen MR) is 74.4 cm³/mol. The van der Waals surface area contributed by atoms with Crippen molar-refractivity contribution in [2.24, 2.45) is 0 Å². The highest BCUT2D eigenvalue weighted by atomic mass is 16.5. The van der Waals surface area contributed by atoms with E-state index in [4.69, 9.17) is 0 Å². The minimum Gasteiger partial charge on any atom is -0.464 e. The highest BCUT2D eigenvalue weighted by Gasteiger charge is 2.14. The molecule has 0 unspecified atom stereocenters. The minimum atomic E-state index is -0.583. The number of pyridine rings is 1. The first-order chi connectivity index (χ1) is 9.70. The predicted octanol–water partition coefficient (Wildman–Crippen LogP) is 2.05. The van der Waals surface area contributed by atoms with Crippen molar-refractivity contribution < 1.29 is 14.3 Å². The highest BCUT2D eigenvalue weighted by molar-refractivity contribution is 6.00. The summed E-state index contributed by atoms with van der Waals surface area (Å²) in [5.74, 6) is -0.796. The monoisotopic (exact) mass is 270 g/mol. The molecule has 2 rings (SSSR count). The van der Waals surface area contributed by atoms with Gasteiger partial charge in [-0.05, 0) is 17.7 Å². The van der Waals surface area contributed by atoms with Gasteiger partial charge >= 0.3 is 5.97 Å². The molecule has 0 fully saturated rings. The molecule has 0 bridgehead atoms. The van der Waals surface area contributed by atoms with Gasteiger partial charge in [-0.3, -0.25) is 4.79 Å². The van der Waals surface area contributed by atoms with Crippen LogP contribution in [0.4, 0.5) is 5.69 Å². The molecule has 5 nitrogen and oxygen atoms in total. The fourth-order valence-electron chi connectivity index (χ4n) is 1.74. The third-order valence-corrected chi connectivity index (χ3v) is 2.67. The number of carbonyl (C=O) groups is 2. The van der Waals surface area contributed by atoms with Gasteiger partial charge in [-0.1, -0.05) is 30.3 Å². The number of esters is 1. The third-order valence-electron chi connectivity index (χ3n) is 2.67. The zero-order valence-corrected chi connectivity index (χ0v) is 11.0. The number of hydrogen-bond donors (Lipinski definition) is 1. The molecule has 0 aliphatic heterocycles. The maximum atomic E-state index is 12.0. The van der Waals surface area contributed by atoms with Crippen LogP contribution in [0.1, 0.15) is 16.1 Å². The number of carbonyl (C=O) groups excluding carboxylic acids is 2. The fourth-order valence-corrected chi connectivity index (χ4v) is 1.74. The number of nitrogens with zero attached hydrogens (tertiary/aromatic N) is 1. The van der Waals surface area contributed by atoms with Gasteiger partial charge in [-0.2, -0.15) is 0 Å². The normalized spacial score (nSPS) is 9.85. The molecule has 1 N–H and O–H groups in total. The minimum absolute atomic E-state index is 0.0939. The lowest BCUT2D eigenvalue weighted by Gasteiger charge is -2.08. The Hall–Kier alpha value is -2.69. The van der Waals surface area contributed by atoms with Crippen molar-refractivity contribution in [2.45, 2.75) is 6.42 Å². The molecule has 0 aliphatic rings. The SMILES string of the molecule is COC(=O)c1ncccc1NC(=O)Cc1ccccc1. The molecule has 0 spiro atoms. The standard InChI is InChI=1S/C15H14N2O3/c1-20-15(19)14-12(8-5-9-16-14)17-13(18)10-11-6-3-2-4-7-11/h2-9H,10H2,1H3,(H,17,18). The Kier molecular flexibility index (Phi) is 4.44. The summed E-state index contributed by atoms with van der Waals surface area (Å²) in [6, 6.07) is 12.6. The summed E-state index contributed by atoms with van der Waals surface area (Å²) in [6.07, 6.45) is 1.70. The number of nitrogens with one attached hydrogen (secondary N) is 1. The van der Waals surface area contributed by atoms with E-state index in [1.807, 2.05) is 30.3 Å². The Bertz CT molecular complexity index is 612. The smallest absolute Gasteiger partial charge is 0.358 e. The van der Waals surface area contributed by atoms with Crippen LogP contribution >= 0.6 is 0 Å². The largest absolute Gasteiger partial charge is 0.464 e. The topological polar surface area (TPSA) is 68.3 Å². The van der Waals surface area contributed by atoms with Crippen LogP contribution in [0.15, 0.2) is 48.7 Å². The van der Waals surface area contributed by atoms with Crippen LogP contribution in [0.5, 0.6) is 0 Å². The number of rotatable bonds is 4. The number of benzene rings is 1. The molecular formula is C15H14N2O3. The molecule has 20 heavy (non-hydrogen) atoms. The Morgan fingerprint density at radius 2 is 1.90 bits per heavy atom. The molecule has 0 atom stereocenters. The van der Waals surface area contributed by atoms with Crippen molar-refractivity contribution in [1.29, 1.82) is 0 Å². The van der Waals surface area contributed by atoms with Gasteiger partial charge in [-0.15, -0.1) is 0 Å². The number of amides is 1. The van der Waals surface area contributed by atoms with Crippen molar-refractivity contribution in [2.75, 3.05) is 12.4 Å². The number of hydrogen-bond acceptors (Lipinski definition) is 4. The number of ether oxygens (including phenoxy) is 1. The first-order valence-electron chi connectivity index (χ1n) is 6.08. The van der Waals surface area contributed by atoms with E-state index in [0.717, 1.165) is 5.56 Å². The van der Waals surface area contributed by atoms with Crippen LogP contribution in [0.2, 0.25) is 0 Å². The lowest BCUT2D eigenvalue weighted by Crippen LogP contribution is -2.18. The fraction of sp³-hybridized carbons (Fsp3) is 0.133. The molecule has 1 aromatic heterocycles.